The summed E-state index contributed by atoms with van der Waals surface area (Å²) in [5, 5.41) is 2.88. The van der Waals surface area contributed by atoms with Gasteiger partial charge < -0.3 is 14.8 Å². The maximum Gasteiger partial charge on any atom is 0.216 e. The zero-order valence-electron chi connectivity index (χ0n) is 11.1. The van der Waals surface area contributed by atoms with Crippen molar-refractivity contribution in [3.8, 4) is 11.5 Å². The molecule has 18 heavy (non-hydrogen) atoms. The lowest BCUT2D eigenvalue weighted by Crippen LogP contribution is -2.25. The number of hydrogen-bond donors (Lipinski definition) is 1. The molecule has 4 heteroatoms. The van der Waals surface area contributed by atoms with Crippen molar-refractivity contribution in [1.29, 1.82) is 0 Å². The fourth-order valence-electron chi connectivity index (χ4n) is 2.50. The van der Waals surface area contributed by atoms with Crippen LogP contribution in [0.25, 0.3) is 0 Å². The average Bonchev–Trinajstić information content (AvgIpc) is 2.76. The van der Waals surface area contributed by atoms with E-state index in [0.29, 0.717) is 12.5 Å². The van der Waals surface area contributed by atoms with Crippen LogP contribution in [0.5, 0.6) is 11.5 Å². The van der Waals surface area contributed by atoms with Crippen molar-refractivity contribution in [3.05, 3.63) is 23.3 Å². The molecule has 1 N–H and O–H groups in total. The predicted molar refractivity (Wildman–Crippen MR) is 69.3 cm³/mol. The third-order valence-electron chi connectivity index (χ3n) is 3.44. The molecule has 0 aromatic heterocycles. The van der Waals surface area contributed by atoms with E-state index in [1.807, 2.05) is 12.1 Å². The van der Waals surface area contributed by atoms with Gasteiger partial charge in [-0.2, -0.15) is 0 Å². The molecule has 1 aliphatic rings. The summed E-state index contributed by atoms with van der Waals surface area (Å²) in [7, 11) is 3.29. The van der Waals surface area contributed by atoms with Crippen LogP contribution < -0.4 is 14.8 Å². The zero-order chi connectivity index (χ0) is 13.1. The number of aryl methyl sites for hydroxylation is 1. The van der Waals surface area contributed by atoms with E-state index in [9.17, 15) is 4.79 Å². The Morgan fingerprint density at radius 2 is 2.00 bits per heavy atom. The van der Waals surface area contributed by atoms with Crippen LogP contribution in [0.4, 0.5) is 0 Å². The second-order valence-electron chi connectivity index (χ2n) is 4.58. The highest BCUT2D eigenvalue weighted by Gasteiger charge is 2.24. The first-order chi connectivity index (χ1) is 8.65. The molecule has 4 nitrogen and oxygen atoms in total. The van der Waals surface area contributed by atoms with Gasteiger partial charge in [-0.15, -0.1) is 0 Å². The normalized spacial score (nSPS) is 17.2. The average molecular weight is 249 g/mol. The standard InChI is InChI=1S/C14H19NO3/c1-9(16)15-8-11-5-4-10-6-13(17-2)14(18-3)7-12(10)11/h6-7,11H,4-5,8H2,1-3H3,(H,15,16). The Morgan fingerprint density at radius 1 is 1.33 bits per heavy atom. The molecule has 1 amide bonds. The van der Waals surface area contributed by atoms with Gasteiger partial charge >= 0.3 is 0 Å². The van der Waals surface area contributed by atoms with E-state index < -0.39 is 0 Å². The highest BCUT2D eigenvalue weighted by molar-refractivity contribution is 5.72. The van der Waals surface area contributed by atoms with E-state index in [-0.39, 0.29) is 5.91 Å². The van der Waals surface area contributed by atoms with Crippen LogP contribution in [-0.2, 0) is 11.2 Å². The van der Waals surface area contributed by atoms with Crippen molar-refractivity contribution in [2.45, 2.75) is 25.7 Å². The minimum atomic E-state index is 0.0175. The van der Waals surface area contributed by atoms with E-state index in [4.69, 9.17) is 9.47 Å². The van der Waals surface area contributed by atoms with Crippen LogP contribution in [-0.4, -0.2) is 26.7 Å². The van der Waals surface area contributed by atoms with Gasteiger partial charge in [0.05, 0.1) is 14.2 Å². The maximum absolute atomic E-state index is 11.0. The Hall–Kier alpha value is -1.71. The Kier molecular flexibility index (Phi) is 3.75. The third kappa shape index (κ3) is 2.42. The molecule has 1 aromatic carbocycles. The molecule has 0 saturated heterocycles. The molecule has 1 atom stereocenters. The summed E-state index contributed by atoms with van der Waals surface area (Å²) in [4.78, 5) is 11.0. The Morgan fingerprint density at radius 3 is 2.61 bits per heavy atom. The first-order valence-corrected chi connectivity index (χ1v) is 6.15. The highest BCUT2D eigenvalue weighted by Crippen LogP contribution is 2.40. The quantitative estimate of drug-likeness (QED) is 0.886. The van der Waals surface area contributed by atoms with E-state index >= 15 is 0 Å². The van der Waals surface area contributed by atoms with Gasteiger partial charge in [0.25, 0.3) is 0 Å². The minimum absolute atomic E-state index is 0.0175. The Balaban J connectivity index is 2.23. The van der Waals surface area contributed by atoms with Gasteiger partial charge in [-0.25, -0.2) is 0 Å². The van der Waals surface area contributed by atoms with Gasteiger partial charge in [0, 0.05) is 19.4 Å². The fraction of sp³-hybridized carbons (Fsp3) is 0.500. The molecule has 0 spiro atoms. The minimum Gasteiger partial charge on any atom is -0.493 e. The lowest BCUT2D eigenvalue weighted by molar-refractivity contribution is -0.119. The Bertz CT molecular complexity index is 457. The van der Waals surface area contributed by atoms with E-state index in [1.165, 1.54) is 11.1 Å². The summed E-state index contributed by atoms with van der Waals surface area (Å²) in [5.41, 5.74) is 2.56. The number of benzene rings is 1. The molecule has 1 aliphatic carbocycles. The maximum atomic E-state index is 11.0. The summed E-state index contributed by atoms with van der Waals surface area (Å²) in [5.74, 6) is 1.93. The second kappa shape index (κ2) is 5.29. The number of ether oxygens (including phenoxy) is 2. The smallest absolute Gasteiger partial charge is 0.216 e. The summed E-state index contributed by atoms with van der Waals surface area (Å²) < 4.78 is 10.6. The molecule has 1 aromatic rings. The lowest BCUT2D eigenvalue weighted by Gasteiger charge is -2.14. The third-order valence-corrected chi connectivity index (χ3v) is 3.44. The summed E-state index contributed by atoms with van der Waals surface area (Å²) >= 11 is 0. The highest BCUT2D eigenvalue weighted by atomic mass is 16.5. The first kappa shape index (κ1) is 12.7. The molecular formula is C14H19NO3. The summed E-state index contributed by atoms with van der Waals surface area (Å²) in [6.07, 6.45) is 2.09. The van der Waals surface area contributed by atoms with Crippen molar-refractivity contribution in [2.24, 2.45) is 0 Å². The van der Waals surface area contributed by atoms with Gasteiger partial charge in [0.15, 0.2) is 11.5 Å². The van der Waals surface area contributed by atoms with Crippen molar-refractivity contribution in [2.75, 3.05) is 20.8 Å². The van der Waals surface area contributed by atoms with Gasteiger partial charge in [0.2, 0.25) is 5.91 Å². The molecule has 98 valence electrons. The van der Waals surface area contributed by atoms with Crippen molar-refractivity contribution in [3.63, 3.8) is 0 Å². The number of hydrogen-bond acceptors (Lipinski definition) is 3. The lowest BCUT2D eigenvalue weighted by atomic mass is 10.0. The fourth-order valence-corrected chi connectivity index (χ4v) is 2.50. The Labute approximate surface area is 107 Å². The van der Waals surface area contributed by atoms with Crippen LogP contribution in [0.1, 0.15) is 30.4 Å². The van der Waals surface area contributed by atoms with E-state index in [2.05, 4.69) is 5.32 Å². The van der Waals surface area contributed by atoms with Gasteiger partial charge in [-0.05, 0) is 36.1 Å². The number of carbonyl (C=O) groups is 1. The van der Waals surface area contributed by atoms with Crippen LogP contribution in [0.3, 0.4) is 0 Å². The van der Waals surface area contributed by atoms with Crippen molar-refractivity contribution >= 4 is 5.91 Å². The van der Waals surface area contributed by atoms with E-state index in [1.54, 1.807) is 21.1 Å². The molecule has 0 fully saturated rings. The topological polar surface area (TPSA) is 47.6 Å². The van der Waals surface area contributed by atoms with Crippen LogP contribution in [0, 0.1) is 0 Å². The molecule has 2 rings (SSSR count). The zero-order valence-corrected chi connectivity index (χ0v) is 11.1. The molecule has 0 saturated carbocycles. The van der Waals surface area contributed by atoms with Gasteiger partial charge in [0.1, 0.15) is 0 Å². The SMILES string of the molecule is COc1cc2c(cc1OC)C(CNC(C)=O)CC2. The number of methoxy groups -OCH3 is 2. The molecular weight excluding hydrogens is 230 g/mol. The first-order valence-electron chi connectivity index (χ1n) is 6.15. The number of nitrogens with one attached hydrogen (secondary N) is 1. The number of rotatable bonds is 4. The molecule has 0 aliphatic heterocycles. The van der Waals surface area contributed by atoms with Gasteiger partial charge in [-0.1, -0.05) is 0 Å². The molecule has 0 heterocycles. The monoisotopic (exact) mass is 249 g/mol. The molecule has 1 unspecified atom stereocenters. The van der Waals surface area contributed by atoms with Gasteiger partial charge in [-0.3, -0.25) is 4.79 Å². The summed E-state index contributed by atoms with van der Waals surface area (Å²) in [6, 6.07) is 4.08. The van der Waals surface area contributed by atoms with Crippen molar-refractivity contribution < 1.29 is 14.3 Å². The number of carbonyl (C=O) groups excluding carboxylic acids is 1. The van der Waals surface area contributed by atoms with Crippen LogP contribution in [0.2, 0.25) is 0 Å². The number of fused-ring (bicyclic) bond motifs is 1. The van der Waals surface area contributed by atoms with Crippen molar-refractivity contribution in [1.82, 2.24) is 5.32 Å². The van der Waals surface area contributed by atoms with Crippen LogP contribution >= 0.6 is 0 Å². The van der Waals surface area contributed by atoms with Crippen LogP contribution in [0.15, 0.2) is 12.1 Å². The summed E-state index contributed by atoms with van der Waals surface area (Å²) in [6.45, 7) is 2.24. The molecule has 0 radical (unpaired) electrons. The van der Waals surface area contributed by atoms with E-state index in [0.717, 1.165) is 24.3 Å². The largest absolute Gasteiger partial charge is 0.493 e. The predicted octanol–water partition coefficient (Wildman–Crippen LogP) is 1.87. The second-order valence-corrected chi connectivity index (χ2v) is 4.58. The number of amides is 1. The molecule has 0 bridgehead atoms.